The SMILES string of the molecule is CCCCCCCCCCCCCc1cn(CCSCC(NC(C)=O)C(=O)NC(CO)C(=O)O)nn1. The monoisotopic (exact) mass is 527 g/mol. The third-order valence-electron chi connectivity index (χ3n) is 5.86. The van der Waals surface area contributed by atoms with Gasteiger partial charge in [0, 0.05) is 24.6 Å². The molecule has 11 heteroatoms. The van der Waals surface area contributed by atoms with E-state index in [1.54, 1.807) is 4.68 Å². The number of hydrogen-bond donors (Lipinski definition) is 4. The van der Waals surface area contributed by atoms with Gasteiger partial charge in [-0.25, -0.2) is 4.79 Å². The summed E-state index contributed by atoms with van der Waals surface area (Å²) < 4.78 is 1.78. The fourth-order valence-electron chi connectivity index (χ4n) is 3.78. The quantitative estimate of drug-likeness (QED) is 0.168. The van der Waals surface area contributed by atoms with Crippen LogP contribution in [-0.2, 0) is 27.3 Å². The molecule has 1 aromatic rings. The maximum atomic E-state index is 12.3. The van der Waals surface area contributed by atoms with Crippen molar-refractivity contribution in [1.29, 1.82) is 0 Å². The lowest BCUT2D eigenvalue weighted by molar-refractivity contribution is -0.143. The maximum absolute atomic E-state index is 12.3. The van der Waals surface area contributed by atoms with E-state index in [1.165, 1.54) is 82.9 Å². The number of carbonyl (C=O) groups excluding carboxylic acids is 2. The average Bonchev–Trinajstić information content (AvgIpc) is 3.29. The highest BCUT2D eigenvalue weighted by atomic mass is 32.2. The van der Waals surface area contributed by atoms with Crippen LogP contribution in [0.1, 0.15) is 90.2 Å². The van der Waals surface area contributed by atoms with E-state index >= 15 is 0 Å². The molecule has 206 valence electrons. The molecule has 0 aliphatic rings. The molecule has 1 heterocycles. The number of aliphatic hydroxyl groups excluding tert-OH is 1. The van der Waals surface area contributed by atoms with Crippen LogP contribution in [0.3, 0.4) is 0 Å². The number of hydrogen-bond acceptors (Lipinski definition) is 7. The summed E-state index contributed by atoms with van der Waals surface area (Å²) in [6, 6.07) is -2.30. The summed E-state index contributed by atoms with van der Waals surface area (Å²) in [7, 11) is 0. The number of nitrogens with zero attached hydrogens (tertiary/aromatic N) is 3. The molecule has 0 bridgehead atoms. The zero-order valence-electron chi connectivity index (χ0n) is 21.9. The molecule has 1 aromatic heterocycles. The first-order valence-corrected chi connectivity index (χ1v) is 14.4. The molecular formula is C25H45N5O5S. The first-order chi connectivity index (χ1) is 17.4. The van der Waals surface area contributed by atoms with Crippen molar-refractivity contribution in [2.45, 2.75) is 110 Å². The summed E-state index contributed by atoms with van der Waals surface area (Å²) >= 11 is 1.44. The second-order valence-electron chi connectivity index (χ2n) is 9.17. The van der Waals surface area contributed by atoms with Gasteiger partial charge in [-0.1, -0.05) is 76.3 Å². The lowest BCUT2D eigenvalue weighted by atomic mass is 10.0. The Balaban J connectivity index is 2.22. The fourth-order valence-corrected chi connectivity index (χ4v) is 4.73. The number of carboxylic acids is 1. The molecule has 2 atom stereocenters. The van der Waals surface area contributed by atoms with Crippen LogP contribution in [0.2, 0.25) is 0 Å². The van der Waals surface area contributed by atoms with Crippen LogP contribution >= 0.6 is 11.8 Å². The van der Waals surface area contributed by atoms with Gasteiger partial charge in [-0.2, -0.15) is 11.8 Å². The van der Waals surface area contributed by atoms with Gasteiger partial charge in [0.05, 0.1) is 18.8 Å². The molecule has 0 saturated carbocycles. The van der Waals surface area contributed by atoms with Crippen LogP contribution in [-0.4, -0.2) is 73.2 Å². The van der Waals surface area contributed by atoms with Gasteiger partial charge in [-0.15, -0.1) is 5.10 Å². The number of aromatic nitrogens is 3. The van der Waals surface area contributed by atoms with Gasteiger partial charge >= 0.3 is 5.97 Å². The number of aliphatic hydroxyl groups is 1. The minimum atomic E-state index is -1.41. The highest BCUT2D eigenvalue weighted by molar-refractivity contribution is 7.99. The molecule has 0 aliphatic carbocycles. The van der Waals surface area contributed by atoms with Gasteiger partial charge in [0.15, 0.2) is 0 Å². The number of nitrogens with one attached hydrogen (secondary N) is 2. The second kappa shape index (κ2) is 20.0. The van der Waals surface area contributed by atoms with Gasteiger partial charge in [-0.3, -0.25) is 14.3 Å². The molecule has 0 aromatic carbocycles. The minimum absolute atomic E-state index is 0.267. The lowest BCUT2D eigenvalue weighted by Gasteiger charge is -2.19. The summed E-state index contributed by atoms with van der Waals surface area (Å²) in [5.74, 6) is -1.46. The number of carbonyl (C=O) groups is 3. The topological polar surface area (TPSA) is 146 Å². The predicted octanol–water partition coefficient (Wildman–Crippen LogP) is 2.93. The Hall–Kier alpha value is -2.14. The molecule has 36 heavy (non-hydrogen) atoms. The second-order valence-corrected chi connectivity index (χ2v) is 10.3. The highest BCUT2D eigenvalue weighted by Crippen LogP contribution is 2.12. The van der Waals surface area contributed by atoms with E-state index in [4.69, 9.17) is 10.2 Å². The number of aryl methyl sites for hydroxylation is 2. The Morgan fingerprint density at radius 3 is 2.14 bits per heavy atom. The Morgan fingerprint density at radius 1 is 0.972 bits per heavy atom. The van der Waals surface area contributed by atoms with E-state index < -0.39 is 36.5 Å². The lowest BCUT2D eigenvalue weighted by Crippen LogP contribution is -2.53. The number of aliphatic carboxylic acids is 1. The van der Waals surface area contributed by atoms with Crippen molar-refractivity contribution in [3.05, 3.63) is 11.9 Å². The Bertz CT molecular complexity index is 761. The molecule has 2 amide bonds. The van der Waals surface area contributed by atoms with Crippen molar-refractivity contribution >= 4 is 29.5 Å². The number of unbranched alkanes of at least 4 members (excludes halogenated alkanes) is 10. The van der Waals surface area contributed by atoms with Gasteiger partial charge < -0.3 is 20.8 Å². The molecule has 10 nitrogen and oxygen atoms in total. The zero-order valence-corrected chi connectivity index (χ0v) is 22.7. The molecule has 0 saturated heterocycles. The van der Waals surface area contributed by atoms with Crippen molar-refractivity contribution in [3.8, 4) is 0 Å². The summed E-state index contributed by atoms with van der Waals surface area (Å²) in [6.07, 6.45) is 17.3. The molecule has 1 rings (SSSR count). The minimum Gasteiger partial charge on any atom is -0.480 e. The standard InChI is InChI=1S/C25H45N5O5S/c1-3-4-5-6-7-8-9-10-11-12-13-14-21-17-30(29-28-21)15-16-36-19-23(26-20(2)32)24(33)27-22(18-31)25(34)35/h17,22-23,31H,3-16,18-19H2,1-2H3,(H,26,32)(H,27,33)(H,34,35). The van der Waals surface area contributed by atoms with E-state index in [0.29, 0.717) is 12.3 Å². The third-order valence-corrected chi connectivity index (χ3v) is 6.90. The van der Waals surface area contributed by atoms with E-state index in [9.17, 15) is 14.4 Å². The molecule has 4 N–H and O–H groups in total. The average molecular weight is 528 g/mol. The van der Waals surface area contributed by atoms with Crippen molar-refractivity contribution in [2.75, 3.05) is 18.1 Å². The first-order valence-electron chi connectivity index (χ1n) is 13.2. The van der Waals surface area contributed by atoms with E-state index in [-0.39, 0.29) is 5.75 Å². The number of carboxylic acid groups (broad SMARTS) is 1. The predicted molar refractivity (Wildman–Crippen MR) is 142 cm³/mol. The maximum Gasteiger partial charge on any atom is 0.328 e. The molecule has 0 radical (unpaired) electrons. The van der Waals surface area contributed by atoms with E-state index in [2.05, 4.69) is 27.9 Å². The van der Waals surface area contributed by atoms with Crippen LogP contribution in [0.5, 0.6) is 0 Å². The number of rotatable bonds is 22. The molecule has 0 spiro atoms. The molecule has 0 fully saturated rings. The Labute approximate surface area is 219 Å². The van der Waals surface area contributed by atoms with Crippen molar-refractivity contribution < 1.29 is 24.6 Å². The smallest absolute Gasteiger partial charge is 0.328 e. The van der Waals surface area contributed by atoms with Crippen molar-refractivity contribution in [3.63, 3.8) is 0 Å². The summed E-state index contributed by atoms with van der Waals surface area (Å²) in [5, 5.41) is 31.2. The highest BCUT2D eigenvalue weighted by Gasteiger charge is 2.25. The Kier molecular flexibility index (Phi) is 17.7. The Morgan fingerprint density at radius 2 is 1.58 bits per heavy atom. The molecule has 2 unspecified atom stereocenters. The van der Waals surface area contributed by atoms with Gasteiger partial charge in [-0.05, 0) is 12.8 Å². The van der Waals surface area contributed by atoms with Gasteiger partial charge in [0.1, 0.15) is 12.1 Å². The normalized spacial score (nSPS) is 12.8. The largest absolute Gasteiger partial charge is 0.480 e. The molecule has 0 aliphatic heterocycles. The van der Waals surface area contributed by atoms with Crippen LogP contribution in [0, 0.1) is 0 Å². The van der Waals surface area contributed by atoms with E-state index in [0.717, 1.165) is 18.5 Å². The zero-order chi connectivity index (χ0) is 26.6. The fraction of sp³-hybridized carbons (Fsp3) is 0.800. The van der Waals surface area contributed by atoms with Crippen LogP contribution < -0.4 is 10.6 Å². The number of thioether (sulfide) groups is 1. The number of amides is 2. The van der Waals surface area contributed by atoms with Crippen molar-refractivity contribution in [2.24, 2.45) is 0 Å². The summed E-state index contributed by atoms with van der Waals surface area (Å²) in [6.45, 7) is 3.42. The van der Waals surface area contributed by atoms with Crippen LogP contribution in [0.25, 0.3) is 0 Å². The van der Waals surface area contributed by atoms with Gasteiger partial charge in [0.2, 0.25) is 11.8 Å². The first kappa shape index (κ1) is 31.9. The van der Waals surface area contributed by atoms with Crippen LogP contribution in [0.15, 0.2) is 6.20 Å². The summed E-state index contributed by atoms with van der Waals surface area (Å²) in [4.78, 5) is 34.8. The third kappa shape index (κ3) is 15.1. The summed E-state index contributed by atoms with van der Waals surface area (Å²) in [5.41, 5.74) is 0.982. The van der Waals surface area contributed by atoms with Crippen molar-refractivity contribution in [1.82, 2.24) is 25.6 Å². The van der Waals surface area contributed by atoms with E-state index in [1.807, 2.05) is 6.20 Å². The van der Waals surface area contributed by atoms with Crippen LogP contribution in [0.4, 0.5) is 0 Å². The van der Waals surface area contributed by atoms with Gasteiger partial charge in [0.25, 0.3) is 0 Å². The molecular weight excluding hydrogens is 482 g/mol.